The molecule has 1 aliphatic heterocycles. The fourth-order valence-corrected chi connectivity index (χ4v) is 5.42. The third-order valence-corrected chi connectivity index (χ3v) is 7.78. The number of alkyl halides is 3. The lowest BCUT2D eigenvalue weighted by Crippen LogP contribution is -2.25. The van der Waals surface area contributed by atoms with E-state index >= 15 is 0 Å². The van der Waals surface area contributed by atoms with E-state index in [1.165, 1.54) is 6.33 Å². The summed E-state index contributed by atoms with van der Waals surface area (Å²) in [7, 11) is -2.98. The number of hydrogen-bond acceptors (Lipinski definition) is 7. The molecule has 0 aromatic carbocycles. The molecule has 0 aliphatic carbocycles. The summed E-state index contributed by atoms with van der Waals surface area (Å²) in [4.78, 5) is 17.7. The quantitative estimate of drug-likeness (QED) is 0.560. The molecule has 4 heterocycles. The lowest BCUT2D eigenvalue weighted by Gasteiger charge is -2.12. The van der Waals surface area contributed by atoms with E-state index in [-0.39, 0.29) is 11.0 Å². The second-order valence-electron chi connectivity index (χ2n) is 7.61. The van der Waals surface area contributed by atoms with Gasteiger partial charge in [-0.15, -0.1) is 0 Å². The summed E-state index contributed by atoms with van der Waals surface area (Å²) < 4.78 is 63.4. The van der Waals surface area contributed by atoms with Gasteiger partial charge in [0.05, 0.1) is 29.2 Å². The molecule has 180 valence electrons. The van der Waals surface area contributed by atoms with E-state index < -0.39 is 22.0 Å². The molecule has 0 radical (unpaired) electrons. The Morgan fingerprint density at radius 3 is 2.58 bits per heavy atom. The van der Waals surface area contributed by atoms with E-state index in [2.05, 4.69) is 19.9 Å². The minimum atomic E-state index is -5.08. The minimum absolute atomic E-state index is 0.288. The van der Waals surface area contributed by atoms with Crippen molar-refractivity contribution < 1.29 is 35.9 Å². The normalized spacial score (nSPS) is 17.5. The van der Waals surface area contributed by atoms with Crippen LogP contribution < -0.4 is 5.32 Å². The Balaban J connectivity index is 0.000000383. The summed E-state index contributed by atoms with van der Waals surface area (Å²) >= 11 is 0. The highest BCUT2D eigenvalue weighted by molar-refractivity contribution is 7.92. The first-order valence-electron chi connectivity index (χ1n) is 10.00. The maximum absolute atomic E-state index is 12.1. The Kier molecular flexibility index (Phi) is 7.00. The van der Waals surface area contributed by atoms with Gasteiger partial charge in [0.1, 0.15) is 23.6 Å². The molecule has 1 unspecified atom stereocenters. The first-order chi connectivity index (χ1) is 15.4. The van der Waals surface area contributed by atoms with Crippen LogP contribution in [-0.2, 0) is 21.2 Å². The summed E-state index contributed by atoms with van der Waals surface area (Å²) in [5.41, 5.74) is 3.00. The lowest BCUT2D eigenvalue weighted by molar-refractivity contribution is -0.192. The lowest BCUT2D eigenvalue weighted by atomic mass is 10.2. The van der Waals surface area contributed by atoms with E-state index in [0.29, 0.717) is 25.3 Å². The van der Waals surface area contributed by atoms with Crippen LogP contribution in [0.15, 0.2) is 29.1 Å². The van der Waals surface area contributed by atoms with Crippen LogP contribution in [0.25, 0.3) is 11.0 Å². The van der Waals surface area contributed by atoms with Crippen LogP contribution in [0, 0.1) is 13.8 Å². The van der Waals surface area contributed by atoms with Gasteiger partial charge in [0.25, 0.3) is 0 Å². The van der Waals surface area contributed by atoms with Crippen molar-refractivity contribution in [3.8, 4) is 0 Å². The molecule has 1 atom stereocenters. The Bertz CT molecular complexity index is 1240. The van der Waals surface area contributed by atoms with Crippen LogP contribution in [0.4, 0.5) is 19.0 Å². The number of rotatable bonds is 5. The van der Waals surface area contributed by atoms with Crippen LogP contribution in [0.1, 0.15) is 29.9 Å². The van der Waals surface area contributed by atoms with Crippen molar-refractivity contribution in [3.63, 3.8) is 0 Å². The number of aliphatic carboxylic acids is 1. The average Bonchev–Trinajstić information content (AvgIpc) is 3.42. The van der Waals surface area contributed by atoms with Gasteiger partial charge in [-0.2, -0.15) is 13.2 Å². The number of carbonyl (C=O) groups is 1. The van der Waals surface area contributed by atoms with Crippen molar-refractivity contribution in [1.82, 2.24) is 14.5 Å². The number of carboxylic acids is 1. The summed E-state index contributed by atoms with van der Waals surface area (Å²) in [5.74, 6) is -0.922. The largest absolute Gasteiger partial charge is 0.490 e. The van der Waals surface area contributed by atoms with Crippen molar-refractivity contribution in [3.05, 3.63) is 41.7 Å². The number of halogens is 3. The van der Waals surface area contributed by atoms with Gasteiger partial charge in [-0.25, -0.2) is 23.2 Å². The maximum Gasteiger partial charge on any atom is 0.490 e. The van der Waals surface area contributed by atoms with Gasteiger partial charge in [0.2, 0.25) is 0 Å². The third-order valence-electron chi connectivity index (χ3n) is 5.50. The van der Waals surface area contributed by atoms with Crippen molar-refractivity contribution in [2.24, 2.45) is 0 Å². The summed E-state index contributed by atoms with van der Waals surface area (Å²) in [5, 5.41) is 11.0. The SMILES string of the molecule is Cc1c(C)n(Cc2ccco2)c2ncnc(NCC3CCCS3(=O)=O)c12.O=C(O)C(F)(F)F. The Labute approximate surface area is 187 Å². The molecule has 33 heavy (non-hydrogen) atoms. The van der Waals surface area contributed by atoms with Gasteiger partial charge in [0.15, 0.2) is 9.84 Å². The number of sulfone groups is 1. The summed E-state index contributed by atoms with van der Waals surface area (Å²) in [6.07, 6.45) is -0.453. The smallest absolute Gasteiger partial charge is 0.475 e. The topological polar surface area (TPSA) is 127 Å². The number of nitrogens with zero attached hydrogens (tertiary/aromatic N) is 3. The maximum atomic E-state index is 12.1. The van der Waals surface area contributed by atoms with E-state index in [9.17, 15) is 21.6 Å². The number of anilines is 1. The monoisotopic (exact) mass is 488 g/mol. The first kappa shape index (κ1) is 24.6. The number of aryl methyl sites for hydroxylation is 1. The molecule has 9 nitrogen and oxygen atoms in total. The Hall–Kier alpha value is -3.09. The van der Waals surface area contributed by atoms with Crippen LogP contribution in [0.3, 0.4) is 0 Å². The molecule has 1 saturated heterocycles. The predicted octanol–water partition coefficient (Wildman–Crippen LogP) is 3.31. The van der Waals surface area contributed by atoms with E-state index in [1.54, 1.807) is 6.26 Å². The molecular weight excluding hydrogens is 465 g/mol. The number of hydrogen-bond donors (Lipinski definition) is 2. The molecule has 1 fully saturated rings. The molecule has 3 aromatic rings. The van der Waals surface area contributed by atoms with Crippen molar-refractivity contribution in [2.75, 3.05) is 17.6 Å². The van der Waals surface area contributed by atoms with Crippen LogP contribution in [0.2, 0.25) is 0 Å². The Morgan fingerprint density at radius 1 is 1.33 bits per heavy atom. The number of furan rings is 1. The number of carboxylic acid groups (broad SMARTS) is 1. The molecule has 2 N–H and O–H groups in total. The van der Waals surface area contributed by atoms with Gasteiger partial charge in [0, 0.05) is 12.2 Å². The van der Waals surface area contributed by atoms with Crippen LogP contribution in [-0.4, -0.2) is 57.8 Å². The number of nitrogens with one attached hydrogen (secondary N) is 1. The van der Waals surface area contributed by atoms with Gasteiger partial charge in [-0.05, 0) is 44.4 Å². The molecule has 0 amide bonds. The van der Waals surface area contributed by atoms with E-state index in [1.807, 2.05) is 26.0 Å². The standard InChI is InChI=1S/C18H22N4O3S.C2HF3O2/c1-12-13(2)22(10-14-5-3-7-25-14)18-16(12)17(20-11-21-18)19-9-15-6-4-8-26(15,23)24;3-2(4,5)1(6)7/h3,5,7,11,15H,4,6,8-10H2,1-2H3,(H,19,20,21);(H,6,7). The third kappa shape index (κ3) is 5.46. The molecule has 1 aliphatic rings. The minimum Gasteiger partial charge on any atom is -0.475 e. The molecule has 3 aromatic heterocycles. The van der Waals surface area contributed by atoms with Gasteiger partial charge >= 0.3 is 12.1 Å². The molecule has 0 saturated carbocycles. The highest BCUT2D eigenvalue weighted by atomic mass is 32.2. The molecular formula is C20H23F3N4O5S. The predicted molar refractivity (Wildman–Crippen MR) is 114 cm³/mol. The fourth-order valence-electron chi connectivity index (χ4n) is 3.65. The second kappa shape index (κ2) is 9.41. The number of aromatic nitrogens is 3. The molecule has 4 rings (SSSR count). The fraction of sp³-hybridized carbons (Fsp3) is 0.450. The molecule has 13 heteroatoms. The van der Waals surface area contributed by atoms with Gasteiger partial charge in [-0.1, -0.05) is 0 Å². The highest BCUT2D eigenvalue weighted by Gasteiger charge is 2.38. The van der Waals surface area contributed by atoms with Crippen molar-refractivity contribution in [1.29, 1.82) is 0 Å². The van der Waals surface area contributed by atoms with E-state index in [0.717, 1.165) is 34.5 Å². The summed E-state index contributed by atoms with van der Waals surface area (Å²) in [6, 6.07) is 3.80. The van der Waals surface area contributed by atoms with Gasteiger partial charge in [-0.3, -0.25) is 0 Å². The zero-order chi connectivity index (χ0) is 24.4. The number of fused-ring (bicyclic) bond motifs is 1. The van der Waals surface area contributed by atoms with Crippen molar-refractivity contribution in [2.45, 2.75) is 44.7 Å². The van der Waals surface area contributed by atoms with E-state index in [4.69, 9.17) is 14.3 Å². The average molecular weight is 488 g/mol. The molecule has 0 spiro atoms. The second-order valence-corrected chi connectivity index (χ2v) is 10.0. The highest BCUT2D eigenvalue weighted by Crippen LogP contribution is 2.30. The summed E-state index contributed by atoms with van der Waals surface area (Å²) in [6.45, 7) is 5.06. The van der Waals surface area contributed by atoms with Crippen molar-refractivity contribution >= 4 is 32.7 Å². The van der Waals surface area contributed by atoms with Gasteiger partial charge < -0.3 is 19.4 Å². The molecule has 0 bridgehead atoms. The zero-order valence-electron chi connectivity index (χ0n) is 17.9. The first-order valence-corrected chi connectivity index (χ1v) is 11.7. The van der Waals surface area contributed by atoms with Crippen LogP contribution >= 0.6 is 0 Å². The zero-order valence-corrected chi connectivity index (χ0v) is 18.7. The Morgan fingerprint density at radius 2 is 2.03 bits per heavy atom. The van der Waals surface area contributed by atoms with Crippen LogP contribution in [0.5, 0.6) is 0 Å².